The summed E-state index contributed by atoms with van der Waals surface area (Å²) in [6.45, 7) is 8.38. The van der Waals surface area contributed by atoms with Gasteiger partial charge in [0.25, 0.3) is 0 Å². The number of aromatic nitrogens is 1. The van der Waals surface area contributed by atoms with Crippen LogP contribution in [0.4, 0.5) is 0 Å². The van der Waals surface area contributed by atoms with E-state index in [1.54, 1.807) is 0 Å². The molecule has 0 unspecified atom stereocenters. The Morgan fingerprint density at radius 2 is 1.05 bits per heavy atom. The van der Waals surface area contributed by atoms with Crippen LogP contribution in [0.5, 0.6) is 0 Å². The number of nitrogens with zero attached hydrogens (tertiary/aromatic N) is 1. The lowest BCUT2D eigenvalue weighted by Crippen LogP contribution is -2.41. The summed E-state index contributed by atoms with van der Waals surface area (Å²) in [5.41, 5.74) is 9.50. The van der Waals surface area contributed by atoms with Crippen LogP contribution in [0.1, 0.15) is 49.9 Å². The van der Waals surface area contributed by atoms with E-state index in [0.717, 1.165) is 16.7 Å². The Hall–Kier alpha value is -3.99. The molecule has 1 aromatic heterocycles. The molecule has 0 bridgehead atoms. The Bertz CT molecular complexity index is 1630. The summed E-state index contributed by atoms with van der Waals surface area (Å²) in [6, 6.07) is 41.5. The van der Waals surface area contributed by atoms with Gasteiger partial charge in [-0.15, -0.1) is 0 Å². The van der Waals surface area contributed by atoms with Crippen molar-refractivity contribution in [3.63, 3.8) is 0 Å². The van der Waals surface area contributed by atoms with E-state index >= 15 is 0 Å². The SMILES string of the molecule is CC1(C)OB(c2ccc(C3(c4ccc(-c5ccccn5)cc4)c4ccccc4-c4ccccc43)cc2)OC1(C)C. The van der Waals surface area contributed by atoms with Crippen molar-refractivity contribution in [2.45, 2.75) is 44.3 Å². The number of rotatable bonds is 4. The zero-order valence-electron chi connectivity index (χ0n) is 23.4. The van der Waals surface area contributed by atoms with Gasteiger partial charge in [0, 0.05) is 11.8 Å². The van der Waals surface area contributed by atoms with Crippen molar-refractivity contribution >= 4 is 12.6 Å². The maximum absolute atomic E-state index is 6.36. The van der Waals surface area contributed by atoms with Crippen molar-refractivity contribution in [1.29, 1.82) is 0 Å². The lowest BCUT2D eigenvalue weighted by Gasteiger charge is -2.34. The topological polar surface area (TPSA) is 31.4 Å². The van der Waals surface area contributed by atoms with Crippen LogP contribution in [-0.4, -0.2) is 23.3 Å². The Balaban J connectivity index is 1.40. The Morgan fingerprint density at radius 1 is 0.550 bits per heavy atom. The minimum Gasteiger partial charge on any atom is -0.399 e. The van der Waals surface area contributed by atoms with Crippen LogP contribution in [0.15, 0.2) is 121 Å². The summed E-state index contributed by atoms with van der Waals surface area (Å²) in [5, 5.41) is 0. The first-order valence-electron chi connectivity index (χ1n) is 14.0. The summed E-state index contributed by atoms with van der Waals surface area (Å²) in [6.07, 6.45) is 1.84. The van der Waals surface area contributed by atoms with Crippen LogP contribution in [0, 0.1) is 0 Å². The first-order chi connectivity index (χ1) is 19.3. The maximum Gasteiger partial charge on any atom is 0.494 e. The molecular formula is C36H32BNO2. The second kappa shape index (κ2) is 9.02. The monoisotopic (exact) mass is 521 g/mol. The van der Waals surface area contributed by atoms with E-state index in [2.05, 4.69) is 136 Å². The lowest BCUT2D eigenvalue weighted by molar-refractivity contribution is 0.00578. The molecular weight excluding hydrogens is 489 g/mol. The van der Waals surface area contributed by atoms with Crippen LogP contribution >= 0.6 is 0 Å². The average molecular weight is 521 g/mol. The minimum absolute atomic E-state index is 0.379. The molecule has 1 saturated heterocycles. The second-order valence-electron chi connectivity index (χ2n) is 11.8. The van der Waals surface area contributed by atoms with Gasteiger partial charge in [-0.05, 0) is 78.7 Å². The Labute approximate surface area is 237 Å². The standard InChI is InChI=1S/C36H32BNO2/c1-34(2)35(3,4)40-37(39-34)28-22-20-27(21-23-28)36(26-18-16-25(17-19-26)33-15-9-10-24-38-33)31-13-7-5-11-29(31)30-12-6-8-14-32(30)36/h5-24H,1-4H3. The molecule has 0 radical (unpaired) electrons. The number of fused-ring (bicyclic) bond motifs is 3. The summed E-state index contributed by atoms with van der Waals surface area (Å²) >= 11 is 0. The molecule has 7 rings (SSSR count). The van der Waals surface area contributed by atoms with Gasteiger partial charge >= 0.3 is 7.12 Å². The first-order valence-corrected chi connectivity index (χ1v) is 14.0. The van der Waals surface area contributed by atoms with Crippen LogP contribution in [0.3, 0.4) is 0 Å². The summed E-state index contributed by atoms with van der Waals surface area (Å²) in [7, 11) is -0.393. The molecule has 40 heavy (non-hydrogen) atoms. The number of hydrogen-bond acceptors (Lipinski definition) is 3. The highest BCUT2D eigenvalue weighted by Gasteiger charge is 2.52. The third-order valence-electron chi connectivity index (χ3n) is 9.10. The molecule has 4 aromatic carbocycles. The Morgan fingerprint density at radius 3 is 1.57 bits per heavy atom. The summed E-state index contributed by atoms with van der Waals surface area (Å²) in [4.78, 5) is 4.57. The number of benzene rings is 4. The van der Waals surface area contributed by atoms with Gasteiger partial charge in [0.1, 0.15) is 0 Å². The lowest BCUT2D eigenvalue weighted by atomic mass is 9.66. The van der Waals surface area contributed by atoms with Crippen molar-refractivity contribution < 1.29 is 9.31 Å². The minimum atomic E-state index is -0.454. The maximum atomic E-state index is 6.36. The van der Waals surface area contributed by atoms with E-state index in [4.69, 9.17) is 9.31 Å². The third kappa shape index (κ3) is 3.63. The normalized spacial score (nSPS) is 17.9. The van der Waals surface area contributed by atoms with E-state index in [1.165, 1.54) is 33.4 Å². The van der Waals surface area contributed by atoms with Crippen LogP contribution in [-0.2, 0) is 14.7 Å². The molecule has 0 spiro atoms. The average Bonchev–Trinajstić information content (AvgIpc) is 3.40. The molecule has 1 aliphatic carbocycles. The molecule has 0 N–H and O–H groups in total. The van der Waals surface area contributed by atoms with Crippen molar-refractivity contribution in [2.75, 3.05) is 0 Å². The molecule has 5 aromatic rings. The van der Waals surface area contributed by atoms with Crippen LogP contribution < -0.4 is 5.46 Å². The fourth-order valence-electron chi connectivity index (χ4n) is 6.32. The van der Waals surface area contributed by atoms with Gasteiger partial charge in [0.05, 0.1) is 22.3 Å². The molecule has 1 aliphatic heterocycles. The Kier molecular flexibility index (Phi) is 5.64. The van der Waals surface area contributed by atoms with E-state index < -0.39 is 12.5 Å². The molecule has 1 fully saturated rings. The zero-order chi connectivity index (χ0) is 27.5. The fraction of sp³-hybridized carbons (Fsp3) is 0.194. The predicted octanol–water partition coefficient (Wildman–Crippen LogP) is 7.41. The van der Waals surface area contributed by atoms with E-state index in [-0.39, 0.29) is 11.2 Å². The molecule has 4 heteroatoms. The number of pyridine rings is 1. The highest BCUT2D eigenvalue weighted by atomic mass is 16.7. The molecule has 0 saturated carbocycles. The molecule has 2 heterocycles. The van der Waals surface area contributed by atoms with Gasteiger partial charge in [-0.2, -0.15) is 0 Å². The largest absolute Gasteiger partial charge is 0.494 e. The van der Waals surface area contributed by atoms with Crippen molar-refractivity contribution in [2.24, 2.45) is 0 Å². The highest BCUT2D eigenvalue weighted by molar-refractivity contribution is 6.62. The van der Waals surface area contributed by atoms with E-state index in [9.17, 15) is 0 Å². The molecule has 3 nitrogen and oxygen atoms in total. The van der Waals surface area contributed by atoms with Gasteiger partial charge in [0.15, 0.2) is 0 Å². The molecule has 2 aliphatic rings. The first kappa shape index (κ1) is 25.0. The van der Waals surface area contributed by atoms with Gasteiger partial charge < -0.3 is 9.31 Å². The fourth-order valence-corrected chi connectivity index (χ4v) is 6.32. The smallest absolute Gasteiger partial charge is 0.399 e. The molecule has 196 valence electrons. The van der Waals surface area contributed by atoms with Crippen LogP contribution in [0.2, 0.25) is 0 Å². The molecule has 0 atom stereocenters. The predicted molar refractivity (Wildman–Crippen MR) is 163 cm³/mol. The van der Waals surface area contributed by atoms with Gasteiger partial charge in [-0.25, -0.2) is 0 Å². The summed E-state index contributed by atoms with van der Waals surface area (Å²) < 4.78 is 12.7. The van der Waals surface area contributed by atoms with Crippen molar-refractivity contribution in [1.82, 2.24) is 4.98 Å². The van der Waals surface area contributed by atoms with E-state index in [1.807, 2.05) is 18.3 Å². The van der Waals surface area contributed by atoms with E-state index in [0.29, 0.717) is 0 Å². The van der Waals surface area contributed by atoms with Gasteiger partial charge in [0.2, 0.25) is 0 Å². The second-order valence-corrected chi connectivity index (χ2v) is 11.8. The quantitative estimate of drug-likeness (QED) is 0.227. The van der Waals surface area contributed by atoms with Gasteiger partial charge in [-0.3, -0.25) is 4.98 Å². The van der Waals surface area contributed by atoms with Gasteiger partial charge in [-0.1, -0.05) is 103 Å². The third-order valence-corrected chi connectivity index (χ3v) is 9.10. The highest BCUT2D eigenvalue weighted by Crippen LogP contribution is 2.56. The summed E-state index contributed by atoms with van der Waals surface area (Å²) in [5.74, 6) is 0. The van der Waals surface area contributed by atoms with Crippen molar-refractivity contribution in [3.05, 3.63) is 144 Å². The molecule has 0 amide bonds. The van der Waals surface area contributed by atoms with Crippen LogP contribution in [0.25, 0.3) is 22.4 Å². The van der Waals surface area contributed by atoms with Crippen molar-refractivity contribution in [3.8, 4) is 22.4 Å². The number of hydrogen-bond donors (Lipinski definition) is 0. The zero-order valence-corrected chi connectivity index (χ0v) is 23.4.